The van der Waals surface area contributed by atoms with Gasteiger partial charge < -0.3 is 15.0 Å². The Bertz CT molecular complexity index is 722. The van der Waals surface area contributed by atoms with Gasteiger partial charge in [-0.05, 0) is 48.9 Å². The predicted octanol–water partition coefficient (Wildman–Crippen LogP) is 3.32. The second-order valence-electron chi connectivity index (χ2n) is 7.03. The first-order chi connectivity index (χ1) is 12.6. The van der Waals surface area contributed by atoms with Crippen molar-refractivity contribution in [2.75, 3.05) is 24.6 Å². The van der Waals surface area contributed by atoms with Crippen LogP contribution in [0.1, 0.15) is 30.9 Å². The second kappa shape index (κ2) is 8.70. The molecule has 2 aromatic rings. The van der Waals surface area contributed by atoms with Crippen LogP contribution in [0, 0.1) is 12.8 Å². The van der Waals surface area contributed by atoms with E-state index in [4.69, 9.17) is 4.74 Å². The zero-order valence-corrected chi connectivity index (χ0v) is 15.6. The molecule has 26 heavy (non-hydrogen) atoms. The van der Waals surface area contributed by atoms with Crippen LogP contribution in [0.15, 0.2) is 42.6 Å². The molecule has 5 heteroatoms. The lowest BCUT2D eigenvalue weighted by atomic mass is 9.99. The van der Waals surface area contributed by atoms with Gasteiger partial charge in [0.05, 0.1) is 0 Å². The van der Waals surface area contributed by atoms with Crippen molar-refractivity contribution < 1.29 is 9.53 Å². The molecule has 0 bridgehead atoms. The lowest BCUT2D eigenvalue weighted by Gasteiger charge is -2.31. The Morgan fingerprint density at radius 2 is 2.00 bits per heavy atom. The number of benzene rings is 1. The van der Waals surface area contributed by atoms with Crippen LogP contribution in [-0.2, 0) is 11.3 Å². The fourth-order valence-corrected chi connectivity index (χ4v) is 3.06. The highest BCUT2D eigenvalue weighted by Gasteiger charge is 2.16. The first-order valence-electron chi connectivity index (χ1n) is 9.27. The van der Waals surface area contributed by atoms with E-state index in [1.807, 2.05) is 49.5 Å². The molecule has 0 radical (unpaired) electrons. The van der Waals surface area contributed by atoms with Crippen LogP contribution in [0.2, 0.25) is 0 Å². The number of hydrogen-bond donors (Lipinski definition) is 1. The summed E-state index contributed by atoms with van der Waals surface area (Å²) >= 11 is 0. The van der Waals surface area contributed by atoms with Crippen molar-refractivity contribution in [1.29, 1.82) is 0 Å². The zero-order chi connectivity index (χ0) is 18.4. The molecule has 5 nitrogen and oxygen atoms in total. The topological polar surface area (TPSA) is 54.5 Å². The number of anilines is 1. The van der Waals surface area contributed by atoms with E-state index in [9.17, 15) is 4.79 Å². The number of carbonyl (C=O) groups excluding carboxylic acids is 1. The molecular formula is C21H27N3O2. The third-order valence-corrected chi connectivity index (χ3v) is 4.86. The maximum absolute atomic E-state index is 12.0. The molecule has 1 amide bonds. The Balaban J connectivity index is 1.44. The van der Waals surface area contributed by atoms with Crippen molar-refractivity contribution in [3.63, 3.8) is 0 Å². The van der Waals surface area contributed by atoms with Gasteiger partial charge in [-0.1, -0.05) is 31.2 Å². The molecule has 1 aromatic carbocycles. The van der Waals surface area contributed by atoms with Crippen molar-refractivity contribution in [3.8, 4) is 5.75 Å². The van der Waals surface area contributed by atoms with Crippen LogP contribution < -0.4 is 15.0 Å². The number of piperidine rings is 1. The van der Waals surface area contributed by atoms with E-state index in [1.165, 1.54) is 12.8 Å². The molecule has 3 rings (SSSR count). The highest BCUT2D eigenvalue weighted by atomic mass is 16.5. The van der Waals surface area contributed by atoms with Gasteiger partial charge in [-0.3, -0.25) is 4.79 Å². The third kappa shape index (κ3) is 4.97. The largest absolute Gasteiger partial charge is 0.484 e. The Kier molecular flexibility index (Phi) is 6.10. The zero-order valence-electron chi connectivity index (χ0n) is 15.6. The van der Waals surface area contributed by atoms with Crippen LogP contribution in [0.3, 0.4) is 0 Å². The molecular weight excluding hydrogens is 326 g/mol. The highest BCUT2D eigenvalue weighted by molar-refractivity contribution is 5.77. The number of amides is 1. The molecule has 1 aliphatic heterocycles. The number of para-hydroxylation sites is 1. The number of pyridine rings is 1. The first kappa shape index (κ1) is 18.2. The Morgan fingerprint density at radius 1 is 1.23 bits per heavy atom. The number of ether oxygens (including phenoxy) is 1. The molecule has 1 N–H and O–H groups in total. The minimum absolute atomic E-state index is 0.0162. The first-order valence-corrected chi connectivity index (χ1v) is 9.27. The second-order valence-corrected chi connectivity index (χ2v) is 7.03. The fourth-order valence-electron chi connectivity index (χ4n) is 3.06. The van der Waals surface area contributed by atoms with Crippen molar-refractivity contribution in [2.24, 2.45) is 5.92 Å². The standard InChI is InChI=1S/C21H27N3O2/c1-16-9-11-24(12-10-16)20-8-7-18(13-22-20)14-23-21(25)15-26-19-6-4-3-5-17(19)2/h3-8,13,16H,9-12,14-15H2,1-2H3,(H,23,25). The number of hydrogen-bond acceptors (Lipinski definition) is 4. The summed E-state index contributed by atoms with van der Waals surface area (Å²) < 4.78 is 5.56. The number of rotatable bonds is 6. The number of aromatic nitrogens is 1. The van der Waals surface area contributed by atoms with Gasteiger partial charge in [0.25, 0.3) is 5.91 Å². The van der Waals surface area contributed by atoms with Crippen molar-refractivity contribution >= 4 is 11.7 Å². The van der Waals surface area contributed by atoms with Gasteiger partial charge >= 0.3 is 0 Å². The van der Waals surface area contributed by atoms with Crippen LogP contribution in [-0.4, -0.2) is 30.6 Å². The van der Waals surface area contributed by atoms with Crippen LogP contribution in [0.5, 0.6) is 5.75 Å². The molecule has 0 saturated carbocycles. The summed E-state index contributed by atoms with van der Waals surface area (Å²) in [4.78, 5) is 18.9. The Hall–Kier alpha value is -2.56. The van der Waals surface area contributed by atoms with E-state index in [2.05, 4.69) is 22.1 Å². The fraction of sp³-hybridized carbons (Fsp3) is 0.429. The highest BCUT2D eigenvalue weighted by Crippen LogP contribution is 2.21. The molecule has 1 aliphatic rings. The van der Waals surface area contributed by atoms with E-state index >= 15 is 0 Å². The lowest BCUT2D eigenvalue weighted by Crippen LogP contribution is -2.33. The molecule has 2 heterocycles. The summed E-state index contributed by atoms with van der Waals surface area (Å²) in [5, 5.41) is 2.88. The minimum Gasteiger partial charge on any atom is -0.484 e. The van der Waals surface area contributed by atoms with Gasteiger partial charge in [-0.15, -0.1) is 0 Å². The molecule has 0 aliphatic carbocycles. The van der Waals surface area contributed by atoms with Crippen molar-refractivity contribution in [2.45, 2.75) is 33.2 Å². The molecule has 0 spiro atoms. The van der Waals surface area contributed by atoms with E-state index in [-0.39, 0.29) is 12.5 Å². The average Bonchev–Trinajstić information content (AvgIpc) is 2.67. The maximum Gasteiger partial charge on any atom is 0.258 e. The maximum atomic E-state index is 12.0. The van der Waals surface area contributed by atoms with Gasteiger partial charge in [-0.25, -0.2) is 4.98 Å². The quantitative estimate of drug-likeness (QED) is 0.865. The molecule has 1 aromatic heterocycles. The monoisotopic (exact) mass is 353 g/mol. The summed E-state index contributed by atoms with van der Waals surface area (Å²) in [6.45, 7) is 6.88. The molecule has 1 saturated heterocycles. The predicted molar refractivity (Wildman–Crippen MR) is 103 cm³/mol. The van der Waals surface area contributed by atoms with Gasteiger partial charge in [-0.2, -0.15) is 0 Å². The van der Waals surface area contributed by atoms with Crippen LogP contribution >= 0.6 is 0 Å². The van der Waals surface area contributed by atoms with E-state index in [0.29, 0.717) is 6.54 Å². The van der Waals surface area contributed by atoms with Gasteiger partial charge in [0.15, 0.2) is 6.61 Å². The SMILES string of the molecule is Cc1ccccc1OCC(=O)NCc1ccc(N2CCC(C)CC2)nc1. The summed E-state index contributed by atoms with van der Waals surface area (Å²) in [5.74, 6) is 2.43. The molecule has 138 valence electrons. The van der Waals surface area contributed by atoms with Crippen LogP contribution in [0.4, 0.5) is 5.82 Å². The van der Waals surface area contributed by atoms with Gasteiger partial charge in [0, 0.05) is 25.8 Å². The van der Waals surface area contributed by atoms with Crippen molar-refractivity contribution in [1.82, 2.24) is 10.3 Å². The minimum atomic E-state index is -0.137. The van der Waals surface area contributed by atoms with Gasteiger partial charge in [0.2, 0.25) is 0 Å². The lowest BCUT2D eigenvalue weighted by molar-refractivity contribution is -0.123. The normalized spacial score (nSPS) is 14.9. The Labute approximate surface area is 155 Å². The number of carbonyl (C=O) groups is 1. The van der Waals surface area contributed by atoms with E-state index in [1.54, 1.807) is 0 Å². The number of nitrogens with zero attached hydrogens (tertiary/aromatic N) is 2. The molecule has 0 unspecified atom stereocenters. The number of aryl methyl sites for hydroxylation is 1. The summed E-state index contributed by atoms with van der Waals surface area (Å²) in [6, 6.07) is 11.8. The van der Waals surface area contributed by atoms with Gasteiger partial charge in [0.1, 0.15) is 11.6 Å². The Morgan fingerprint density at radius 3 is 2.69 bits per heavy atom. The van der Waals surface area contributed by atoms with E-state index in [0.717, 1.165) is 41.7 Å². The molecule has 1 fully saturated rings. The summed E-state index contributed by atoms with van der Waals surface area (Å²) in [6.07, 6.45) is 4.29. The number of nitrogens with one attached hydrogen (secondary N) is 1. The summed E-state index contributed by atoms with van der Waals surface area (Å²) in [7, 11) is 0. The summed E-state index contributed by atoms with van der Waals surface area (Å²) in [5.41, 5.74) is 2.01. The van der Waals surface area contributed by atoms with E-state index < -0.39 is 0 Å². The average molecular weight is 353 g/mol. The third-order valence-electron chi connectivity index (χ3n) is 4.86. The van der Waals surface area contributed by atoms with Crippen LogP contribution in [0.25, 0.3) is 0 Å². The smallest absolute Gasteiger partial charge is 0.258 e. The van der Waals surface area contributed by atoms with Crippen molar-refractivity contribution in [3.05, 3.63) is 53.7 Å². The molecule has 0 atom stereocenters.